The van der Waals surface area contributed by atoms with Gasteiger partial charge < -0.3 is 15.8 Å². The highest BCUT2D eigenvalue weighted by Gasteiger charge is 2.25. The summed E-state index contributed by atoms with van der Waals surface area (Å²) in [4.78, 5) is 22.9. The number of carbonyl (C=O) groups excluding carboxylic acids is 1. The van der Waals surface area contributed by atoms with Gasteiger partial charge in [-0.2, -0.15) is 0 Å². The number of nitrogens with zero attached hydrogens (tertiary/aromatic N) is 3. The van der Waals surface area contributed by atoms with Crippen molar-refractivity contribution in [1.82, 2.24) is 19.9 Å². The van der Waals surface area contributed by atoms with Crippen LogP contribution in [0, 0.1) is 0 Å². The van der Waals surface area contributed by atoms with E-state index in [1.165, 1.54) is 5.56 Å². The number of nitrogens with two attached hydrogens (primary N) is 1. The molecule has 0 saturated heterocycles. The number of aromatic nitrogens is 3. The molecule has 5 rings (SSSR count). The molecule has 35 heavy (non-hydrogen) atoms. The number of para-hydroxylation sites is 2. The van der Waals surface area contributed by atoms with Gasteiger partial charge in [-0.05, 0) is 48.7 Å². The zero-order valence-electron chi connectivity index (χ0n) is 19.2. The van der Waals surface area contributed by atoms with Crippen molar-refractivity contribution in [3.05, 3.63) is 88.9 Å². The van der Waals surface area contributed by atoms with Crippen molar-refractivity contribution in [3.8, 4) is 11.4 Å². The summed E-state index contributed by atoms with van der Waals surface area (Å²) in [6, 6.07) is 23.0. The zero-order valence-corrected chi connectivity index (χ0v) is 19.9. The molecular weight excluding hydrogens is 462 g/mol. The summed E-state index contributed by atoms with van der Waals surface area (Å²) in [6.07, 6.45) is 1.67. The predicted molar refractivity (Wildman–Crippen MR) is 139 cm³/mol. The number of fused-ring (bicyclic) bond motifs is 2. The van der Waals surface area contributed by atoms with E-state index in [-0.39, 0.29) is 11.7 Å². The Kier molecular flexibility index (Phi) is 6.25. The van der Waals surface area contributed by atoms with Gasteiger partial charge in [0, 0.05) is 6.54 Å². The molecule has 0 aliphatic rings. The van der Waals surface area contributed by atoms with Gasteiger partial charge in [-0.15, -0.1) is 0 Å². The minimum atomic E-state index is -0.288. The normalized spacial score (nSPS) is 11.1. The summed E-state index contributed by atoms with van der Waals surface area (Å²) in [5.74, 6) is 0.499. The molecule has 1 amide bonds. The van der Waals surface area contributed by atoms with Crippen molar-refractivity contribution >= 4 is 45.5 Å². The van der Waals surface area contributed by atoms with Crippen LogP contribution in [0.2, 0.25) is 5.02 Å². The van der Waals surface area contributed by atoms with Gasteiger partial charge in [0.25, 0.3) is 5.91 Å². The second kappa shape index (κ2) is 9.64. The minimum Gasteiger partial charge on any atom is -0.495 e. The Balaban J connectivity index is 1.53. The van der Waals surface area contributed by atoms with Gasteiger partial charge in [0.1, 0.15) is 22.6 Å². The van der Waals surface area contributed by atoms with Gasteiger partial charge in [0.05, 0.1) is 28.9 Å². The molecule has 0 fully saturated rings. The highest BCUT2D eigenvalue weighted by molar-refractivity contribution is 6.32. The summed E-state index contributed by atoms with van der Waals surface area (Å²) in [7, 11) is 1.55. The molecule has 0 bridgehead atoms. The first-order chi connectivity index (χ1) is 17.1. The number of anilines is 1. The molecule has 0 aliphatic heterocycles. The van der Waals surface area contributed by atoms with E-state index in [4.69, 9.17) is 32.0 Å². The van der Waals surface area contributed by atoms with Gasteiger partial charge in [0.15, 0.2) is 5.65 Å². The van der Waals surface area contributed by atoms with E-state index in [1.54, 1.807) is 23.8 Å². The molecular formula is C27H24ClN5O2. The van der Waals surface area contributed by atoms with Crippen LogP contribution in [0.5, 0.6) is 5.75 Å². The van der Waals surface area contributed by atoms with Crippen molar-refractivity contribution in [2.45, 2.75) is 12.8 Å². The fraction of sp³-hybridized carbons (Fsp3) is 0.148. The van der Waals surface area contributed by atoms with E-state index in [2.05, 4.69) is 17.4 Å². The number of nitrogen functional groups attached to an aromatic ring is 1. The summed E-state index contributed by atoms with van der Waals surface area (Å²) in [5.41, 5.74) is 11.1. The summed E-state index contributed by atoms with van der Waals surface area (Å²) in [5, 5.41) is 3.42. The summed E-state index contributed by atoms with van der Waals surface area (Å²) < 4.78 is 6.98. The molecule has 0 aliphatic carbocycles. The number of amides is 1. The highest BCUT2D eigenvalue weighted by atomic mass is 35.5. The van der Waals surface area contributed by atoms with E-state index in [0.29, 0.717) is 50.8 Å². The third kappa shape index (κ3) is 4.38. The van der Waals surface area contributed by atoms with Gasteiger partial charge in [0.2, 0.25) is 0 Å². The minimum absolute atomic E-state index is 0.247. The zero-order chi connectivity index (χ0) is 24.4. The largest absolute Gasteiger partial charge is 0.495 e. The Morgan fingerprint density at radius 3 is 2.46 bits per heavy atom. The van der Waals surface area contributed by atoms with E-state index in [0.717, 1.165) is 12.8 Å². The molecule has 0 saturated carbocycles. The molecule has 2 aromatic heterocycles. The van der Waals surface area contributed by atoms with Crippen LogP contribution < -0.4 is 15.8 Å². The molecule has 0 spiro atoms. The molecule has 0 unspecified atom stereocenters. The van der Waals surface area contributed by atoms with Crippen LogP contribution in [0.25, 0.3) is 27.9 Å². The molecule has 3 aromatic carbocycles. The molecule has 0 atom stereocenters. The number of methoxy groups -OCH3 is 1. The third-order valence-electron chi connectivity index (χ3n) is 5.89. The molecule has 8 heteroatoms. The van der Waals surface area contributed by atoms with Crippen molar-refractivity contribution in [2.24, 2.45) is 0 Å². The lowest BCUT2D eigenvalue weighted by atomic mass is 10.1. The molecule has 2 heterocycles. The standard InChI is InChI=1S/C27H24ClN5O2/c1-35-22-14-13-18(16-19(22)28)33-25(29)23(24-26(33)32-21-12-6-5-11-20(21)31-24)27(34)30-15-7-10-17-8-3-2-4-9-17/h2-6,8-9,11-14,16H,7,10,15,29H2,1H3,(H,30,34). The van der Waals surface area contributed by atoms with E-state index in [9.17, 15) is 4.79 Å². The molecule has 7 nitrogen and oxygen atoms in total. The van der Waals surface area contributed by atoms with E-state index < -0.39 is 0 Å². The van der Waals surface area contributed by atoms with Crippen molar-refractivity contribution in [2.75, 3.05) is 19.4 Å². The fourth-order valence-electron chi connectivity index (χ4n) is 4.17. The lowest BCUT2D eigenvalue weighted by Gasteiger charge is -2.10. The fourth-order valence-corrected chi connectivity index (χ4v) is 4.42. The molecule has 0 radical (unpaired) electrons. The van der Waals surface area contributed by atoms with Crippen molar-refractivity contribution in [3.63, 3.8) is 0 Å². The number of aryl methyl sites for hydroxylation is 1. The van der Waals surface area contributed by atoms with Crippen molar-refractivity contribution < 1.29 is 9.53 Å². The Bertz CT molecular complexity index is 1530. The number of ether oxygens (including phenoxy) is 1. The van der Waals surface area contributed by atoms with Crippen LogP contribution >= 0.6 is 11.6 Å². The second-order valence-electron chi connectivity index (χ2n) is 8.14. The Labute approximate surface area is 207 Å². The number of hydrogen-bond donors (Lipinski definition) is 2. The number of nitrogens with one attached hydrogen (secondary N) is 1. The van der Waals surface area contributed by atoms with E-state index >= 15 is 0 Å². The molecule has 176 valence electrons. The Morgan fingerprint density at radius 2 is 1.74 bits per heavy atom. The number of halogens is 1. The van der Waals surface area contributed by atoms with Crippen molar-refractivity contribution in [1.29, 1.82) is 0 Å². The Morgan fingerprint density at radius 1 is 1.03 bits per heavy atom. The average molecular weight is 486 g/mol. The van der Waals surface area contributed by atoms with Crippen LogP contribution in [0.1, 0.15) is 22.3 Å². The number of carbonyl (C=O) groups is 1. The summed E-state index contributed by atoms with van der Waals surface area (Å²) >= 11 is 6.39. The molecule has 5 aromatic rings. The van der Waals surface area contributed by atoms with Gasteiger partial charge in [-0.3, -0.25) is 9.36 Å². The lowest BCUT2D eigenvalue weighted by molar-refractivity contribution is 0.0955. The van der Waals surface area contributed by atoms with Gasteiger partial charge >= 0.3 is 0 Å². The summed E-state index contributed by atoms with van der Waals surface area (Å²) in [6.45, 7) is 0.509. The first-order valence-corrected chi connectivity index (χ1v) is 11.7. The van der Waals surface area contributed by atoms with Crippen LogP contribution in [0.3, 0.4) is 0 Å². The van der Waals surface area contributed by atoms with Crippen LogP contribution in [-0.4, -0.2) is 34.1 Å². The topological polar surface area (TPSA) is 95.1 Å². The highest BCUT2D eigenvalue weighted by Crippen LogP contribution is 2.34. The maximum atomic E-state index is 13.3. The van der Waals surface area contributed by atoms with Gasteiger partial charge in [-0.1, -0.05) is 54.1 Å². The molecule has 3 N–H and O–H groups in total. The lowest BCUT2D eigenvalue weighted by Crippen LogP contribution is -2.25. The average Bonchev–Trinajstić information content (AvgIpc) is 3.16. The quantitative estimate of drug-likeness (QED) is 0.310. The maximum Gasteiger partial charge on any atom is 0.257 e. The predicted octanol–water partition coefficient (Wildman–Crippen LogP) is 5.18. The first-order valence-electron chi connectivity index (χ1n) is 11.3. The third-order valence-corrected chi connectivity index (χ3v) is 6.18. The smallest absolute Gasteiger partial charge is 0.257 e. The van der Waals surface area contributed by atoms with Crippen LogP contribution in [0.15, 0.2) is 72.8 Å². The SMILES string of the molecule is COc1ccc(-n2c(N)c(C(=O)NCCCc3ccccc3)c3nc4ccccc4nc32)cc1Cl. The van der Waals surface area contributed by atoms with E-state index in [1.807, 2.05) is 48.5 Å². The number of rotatable bonds is 7. The number of benzene rings is 3. The van der Waals surface area contributed by atoms with Gasteiger partial charge in [-0.25, -0.2) is 9.97 Å². The maximum absolute atomic E-state index is 13.3. The second-order valence-corrected chi connectivity index (χ2v) is 8.55. The Hall–Kier alpha value is -4.10. The first kappa shape index (κ1) is 22.7. The monoisotopic (exact) mass is 485 g/mol. The number of hydrogen-bond acceptors (Lipinski definition) is 5. The van der Waals surface area contributed by atoms with Crippen LogP contribution in [-0.2, 0) is 6.42 Å². The van der Waals surface area contributed by atoms with Crippen LogP contribution in [0.4, 0.5) is 5.82 Å².